The van der Waals surface area contributed by atoms with Gasteiger partial charge in [0.25, 0.3) is 0 Å². The Hall–Kier alpha value is -1.43. The number of halogens is 3. The second-order valence-electron chi connectivity index (χ2n) is 3.73. The number of nitrogens with one attached hydrogen (secondary N) is 1. The SMILES string of the molecule is Fc1cc(Cl)ccc1Nc1nc(Cl)nc2sccc12. The van der Waals surface area contributed by atoms with Gasteiger partial charge in [-0.2, -0.15) is 4.98 Å². The molecule has 1 aromatic carbocycles. The largest absolute Gasteiger partial charge is 0.337 e. The number of thiophene rings is 1. The summed E-state index contributed by atoms with van der Waals surface area (Å²) in [6.45, 7) is 0. The summed E-state index contributed by atoms with van der Waals surface area (Å²) >= 11 is 13.0. The number of hydrogen-bond donors (Lipinski definition) is 1. The molecule has 0 radical (unpaired) electrons. The van der Waals surface area contributed by atoms with Crippen LogP contribution >= 0.6 is 34.5 Å². The zero-order chi connectivity index (χ0) is 13.4. The molecule has 0 unspecified atom stereocenters. The second-order valence-corrected chi connectivity index (χ2v) is 5.40. The van der Waals surface area contributed by atoms with Gasteiger partial charge in [-0.05, 0) is 41.2 Å². The van der Waals surface area contributed by atoms with E-state index in [0.29, 0.717) is 10.8 Å². The third-order valence-electron chi connectivity index (χ3n) is 2.48. The van der Waals surface area contributed by atoms with Gasteiger partial charge in [-0.3, -0.25) is 0 Å². The van der Waals surface area contributed by atoms with E-state index in [2.05, 4.69) is 15.3 Å². The van der Waals surface area contributed by atoms with Crippen molar-refractivity contribution in [2.45, 2.75) is 0 Å². The van der Waals surface area contributed by atoms with Gasteiger partial charge in [0, 0.05) is 5.02 Å². The van der Waals surface area contributed by atoms with Crippen molar-refractivity contribution in [1.29, 1.82) is 0 Å². The Balaban J connectivity index is 2.07. The summed E-state index contributed by atoms with van der Waals surface area (Å²) < 4.78 is 13.7. The van der Waals surface area contributed by atoms with Crippen LogP contribution in [0.3, 0.4) is 0 Å². The van der Waals surface area contributed by atoms with Crippen LogP contribution in [0.2, 0.25) is 10.3 Å². The quantitative estimate of drug-likeness (QED) is 0.685. The zero-order valence-electron chi connectivity index (χ0n) is 9.32. The van der Waals surface area contributed by atoms with Crippen LogP contribution < -0.4 is 5.32 Å². The Morgan fingerprint density at radius 3 is 2.79 bits per heavy atom. The van der Waals surface area contributed by atoms with Crippen LogP contribution in [0.4, 0.5) is 15.9 Å². The minimum atomic E-state index is -0.453. The van der Waals surface area contributed by atoms with Crippen LogP contribution in [0.5, 0.6) is 0 Å². The van der Waals surface area contributed by atoms with E-state index < -0.39 is 5.82 Å². The van der Waals surface area contributed by atoms with Crippen LogP contribution in [0.25, 0.3) is 10.2 Å². The van der Waals surface area contributed by atoms with E-state index in [1.165, 1.54) is 17.4 Å². The van der Waals surface area contributed by atoms with Gasteiger partial charge in [0.1, 0.15) is 16.5 Å². The summed E-state index contributed by atoms with van der Waals surface area (Å²) in [6, 6.07) is 6.23. The number of aromatic nitrogens is 2. The molecule has 3 rings (SSSR count). The fourth-order valence-electron chi connectivity index (χ4n) is 1.64. The number of hydrogen-bond acceptors (Lipinski definition) is 4. The molecule has 2 heterocycles. The average molecular weight is 314 g/mol. The number of benzene rings is 1. The Kier molecular flexibility index (Phi) is 3.26. The van der Waals surface area contributed by atoms with Gasteiger partial charge < -0.3 is 5.32 Å². The van der Waals surface area contributed by atoms with E-state index in [9.17, 15) is 4.39 Å². The molecule has 0 saturated carbocycles. The average Bonchev–Trinajstić information content (AvgIpc) is 2.80. The highest BCUT2D eigenvalue weighted by atomic mass is 35.5. The van der Waals surface area contributed by atoms with Crippen LogP contribution in [0, 0.1) is 5.82 Å². The summed E-state index contributed by atoms with van der Waals surface area (Å²) in [4.78, 5) is 8.92. The lowest BCUT2D eigenvalue weighted by Gasteiger charge is -2.08. The Labute approximate surface area is 122 Å². The van der Waals surface area contributed by atoms with Crippen LogP contribution in [0.1, 0.15) is 0 Å². The summed E-state index contributed by atoms with van der Waals surface area (Å²) in [7, 11) is 0. The van der Waals surface area contributed by atoms with E-state index in [4.69, 9.17) is 23.2 Å². The normalized spacial score (nSPS) is 10.9. The van der Waals surface area contributed by atoms with E-state index in [0.717, 1.165) is 10.2 Å². The van der Waals surface area contributed by atoms with Crippen LogP contribution in [-0.2, 0) is 0 Å². The number of nitrogens with zero attached hydrogens (tertiary/aromatic N) is 2. The standard InChI is InChI=1S/C12H6Cl2FN3S/c13-6-1-2-9(8(15)5-6)16-10-7-3-4-19-11(7)18-12(14)17-10/h1-5H,(H,16,17,18). The van der Waals surface area contributed by atoms with Gasteiger partial charge in [0.05, 0.1) is 11.1 Å². The van der Waals surface area contributed by atoms with Crippen molar-refractivity contribution in [3.63, 3.8) is 0 Å². The summed E-state index contributed by atoms with van der Waals surface area (Å²) in [5.74, 6) is 0.0167. The maximum absolute atomic E-state index is 13.7. The molecule has 0 aliphatic rings. The molecule has 19 heavy (non-hydrogen) atoms. The van der Waals surface area contributed by atoms with Crippen molar-refractivity contribution in [3.8, 4) is 0 Å². The monoisotopic (exact) mass is 313 g/mol. The summed E-state index contributed by atoms with van der Waals surface area (Å²) in [5, 5.41) is 6.03. The first-order chi connectivity index (χ1) is 9.13. The van der Waals surface area contributed by atoms with E-state index in [1.807, 2.05) is 11.4 Å². The lowest BCUT2D eigenvalue weighted by atomic mass is 10.3. The fourth-order valence-corrected chi connectivity index (χ4v) is 2.78. The topological polar surface area (TPSA) is 37.8 Å². The summed E-state index contributed by atoms with van der Waals surface area (Å²) in [6.07, 6.45) is 0. The molecule has 0 bridgehead atoms. The van der Waals surface area contributed by atoms with Crippen LogP contribution in [0.15, 0.2) is 29.6 Å². The van der Waals surface area contributed by atoms with Gasteiger partial charge in [0.15, 0.2) is 0 Å². The number of anilines is 2. The predicted molar refractivity (Wildman–Crippen MR) is 77.1 cm³/mol. The first-order valence-corrected chi connectivity index (χ1v) is 6.90. The van der Waals surface area contributed by atoms with Crippen molar-refractivity contribution in [2.24, 2.45) is 0 Å². The maximum atomic E-state index is 13.7. The number of rotatable bonds is 2. The first-order valence-electron chi connectivity index (χ1n) is 5.26. The Morgan fingerprint density at radius 2 is 2.00 bits per heavy atom. The fraction of sp³-hybridized carbons (Fsp3) is 0. The number of fused-ring (bicyclic) bond motifs is 1. The molecule has 0 aliphatic carbocycles. The molecule has 3 nitrogen and oxygen atoms in total. The minimum absolute atomic E-state index is 0.117. The van der Waals surface area contributed by atoms with Gasteiger partial charge in [-0.15, -0.1) is 11.3 Å². The molecular weight excluding hydrogens is 308 g/mol. The Morgan fingerprint density at radius 1 is 1.16 bits per heavy atom. The molecule has 0 amide bonds. The highest BCUT2D eigenvalue weighted by molar-refractivity contribution is 7.16. The summed E-state index contributed by atoms with van der Waals surface area (Å²) in [5.41, 5.74) is 0.284. The molecule has 3 aromatic rings. The third kappa shape index (κ3) is 2.49. The molecule has 0 atom stereocenters. The minimum Gasteiger partial charge on any atom is -0.337 e. The van der Waals surface area contributed by atoms with E-state index >= 15 is 0 Å². The molecule has 0 fully saturated rings. The third-order valence-corrected chi connectivity index (χ3v) is 3.69. The molecule has 0 saturated heterocycles. The Bertz CT molecular complexity index is 760. The molecule has 1 N–H and O–H groups in total. The first kappa shape index (κ1) is 12.6. The molecule has 7 heteroatoms. The molecule has 96 valence electrons. The highest BCUT2D eigenvalue weighted by Crippen LogP contribution is 2.30. The maximum Gasteiger partial charge on any atom is 0.225 e. The van der Waals surface area contributed by atoms with Gasteiger partial charge in [-0.25, -0.2) is 9.37 Å². The van der Waals surface area contributed by atoms with Crippen molar-refractivity contribution >= 4 is 56.3 Å². The molecule has 0 aliphatic heterocycles. The molecule has 0 spiro atoms. The molecule has 2 aromatic heterocycles. The lowest BCUT2D eigenvalue weighted by molar-refractivity contribution is 0.632. The zero-order valence-corrected chi connectivity index (χ0v) is 11.7. The second kappa shape index (κ2) is 4.92. The van der Waals surface area contributed by atoms with E-state index in [-0.39, 0.29) is 11.0 Å². The van der Waals surface area contributed by atoms with Gasteiger partial charge in [0.2, 0.25) is 5.28 Å². The van der Waals surface area contributed by atoms with Crippen molar-refractivity contribution in [1.82, 2.24) is 9.97 Å². The molecular formula is C12H6Cl2FN3S. The predicted octanol–water partition coefficient (Wildman–Crippen LogP) is 4.88. The van der Waals surface area contributed by atoms with E-state index in [1.54, 1.807) is 12.1 Å². The van der Waals surface area contributed by atoms with Crippen LogP contribution in [-0.4, -0.2) is 9.97 Å². The highest BCUT2D eigenvalue weighted by Gasteiger charge is 2.10. The van der Waals surface area contributed by atoms with Gasteiger partial charge in [-0.1, -0.05) is 11.6 Å². The van der Waals surface area contributed by atoms with Gasteiger partial charge >= 0.3 is 0 Å². The lowest BCUT2D eigenvalue weighted by Crippen LogP contribution is -1.98. The van der Waals surface area contributed by atoms with Crippen molar-refractivity contribution in [2.75, 3.05) is 5.32 Å². The smallest absolute Gasteiger partial charge is 0.225 e. The van der Waals surface area contributed by atoms with Crippen molar-refractivity contribution < 1.29 is 4.39 Å². The van der Waals surface area contributed by atoms with Crippen molar-refractivity contribution in [3.05, 3.63) is 45.8 Å².